The van der Waals surface area contributed by atoms with Crippen LogP contribution in [0.4, 0.5) is 0 Å². The zero-order valence-corrected chi connectivity index (χ0v) is 6.21. The fourth-order valence-corrected chi connectivity index (χ4v) is 0.511. The third-order valence-corrected chi connectivity index (χ3v) is 0.997. The summed E-state index contributed by atoms with van der Waals surface area (Å²) in [7, 11) is 0. The predicted octanol–water partition coefficient (Wildman–Crippen LogP) is 1.38. The number of primary amides is 1. The average Bonchev–Trinajstić information content (AvgIpc) is 1.87. The number of hydrogen-bond acceptors (Lipinski definition) is 1. The lowest BCUT2D eigenvalue weighted by Crippen LogP contribution is -2.08. The summed E-state index contributed by atoms with van der Waals surface area (Å²) in [5.74, 6) is -0.245. The minimum Gasteiger partial charge on any atom is -0.370 e. The van der Waals surface area contributed by atoms with Crippen molar-refractivity contribution in [2.75, 3.05) is 0 Å². The standard InChI is InChI=1S/C8H13NO/c1-2-3-4-5-6-7-8(9)10/h2-5H,6-7H2,1H3,(H2,9,10)/b3-2+,5-4+. The maximum atomic E-state index is 10.2. The summed E-state index contributed by atoms with van der Waals surface area (Å²) in [6.07, 6.45) is 8.85. The van der Waals surface area contributed by atoms with Gasteiger partial charge in [0.2, 0.25) is 5.91 Å². The van der Waals surface area contributed by atoms with Crippen molar-refractivity contribution in [3.8, 4) is 0 Å². The number of allylic oxidation sites excluding steroid dienone is 4. The van der Waals surface area contributed by atoms with Gasteiger partial charge in [-0.05, 0) is 13.3 Å². The van der Waals surface area contributed by atoms with Crippen molar-refractivity contribution in [1.82, 2.24) is 0 Å². The molecule has 0 aliphatic heterocycles. The van der Waals surface area contributed by atoms with E-state index in [1.165, 1.54) is 0 Å². The highest BCUT2D eigenvalue weighted by atomic mass is 16.1. The zero-order chi connectivity index (χ0) is 7.82. The number of hydrogen-bond donors (Lipinski definition) is 1. The van der Waals surface area contributed by atoms with E-state index in [2.05, 4.69) is 0 Å². The quantitative estimate of drug-likeness (QED) is 0.587. The van der Waals surface area contributed by atoms with E-state index in [4.69, 9.17) is 5.73 Å². The second kappa shape index (κ2) is 6.08. The lowest BCUT2D eigenvalue weighted by atomic mass is 10.3. The molecule has 0 fully saturated rings. The van der Waals surface area contributed by atoms with Gasteiger partial charge in [-0.25, -0.2) is 0 Å². The lowest BCUT2D eigenvalue weighted by molar-refractivity contribution is -0.117. The van der Waals surface area contributed by atoms with Crippen LogP contribution in [-0.4, -0.2) is 5.91 Å². The predicted molar refractivity (Wildman–Crippen MR) is 42.4 cm³/mol. The Hall–Kier alpha value is -1.05. The summed E-state index contributed by atoms with van der Waals surface area (Å²) >= 11 is 0. The van der Waals surface area contributed by atoms with Gasteiger partial charge in [0.25, 0.3) is 0 Å². The Morgan fingerprint density at radius 2 is 2.20 bits per heavy atom. The molecule has 0 bridgehead atoms. The number of amides is 1. The van der Waals surface area contributed by atoms with Crippen molar-refractivity contribution in [3.05, 3.63) is 24.3 Å². The third-order valence-electron chi connectivity index (χ3n) is 0.997. The van der Waals surface area contributed by atoms with Gasteiger partial charge in [-0.2, -0.15) is 0 Å². The van der Waals surface area contributed by atoms with Crippen molar-refractivity contribution in [2.24, 2.45) is 5.73 Å². The smallest absolute Gasteiger partial charge is 0.217 e. The van der Waals surface area contributed by atoms with Crippen molar-refractivity contribution >= 4 is 5.91 Å². The van der Waals surface area contributed by atoms with E-state index >= 15 is 0 Å². The first-order chi connectivity index (χ1) is 4.77. The highest BCUT2D eigenvalue weighted by Gasteiger charge is 1.87. The van der Waals surface area contributed by atoms with Gasteiger partial charge in [0.05, 0.1) is 0 Å². The SMILES string of the molecule is C/C=C/C=C/CCC(N)=O. The summed E-state index contributed by atoms with van der Waals surface area (Å²) in [5.41, 5.74) is 4.92. The second-order valence-electron chi connectivity index (χ2n) is 1.96. The van der Waals surface area contributed by atoms with Crippen LogP contribution in [0.5, 0.6) is 0 Å². The molecule has 0 rings (SSSR count). The molecular weight excluding hydrogens is 126 g/mol. The van der Waals surface area contributed by atoms with Crippen LogP contribution < -0.4 is 5.73 Å². The van der Waals surface area contributed by atoms with Crippen LogP contribution in [0.2, 0.25) is 0 Å². The summed E-state index contributed by atoms with van der Waals surface area (Å²) in [4.78, 5) is 10.2. The topological polar surface area (TPSA) is 43.1 Å². The molecule has 2 nitrogen and oxygen atoms in total. The van der Waals surface area contributed by atoms with Gasteiger partial charge < -0.3 is 5.73 Å². The molecule has 1 amide bonds. The molecule has 0 aromatic rings. The van der Waals surface area contributed by atoms with Crippen LogP contribution in [0.25, 0.3) is 0 Å². The first-order valence-corrected chi connectivity index (χ1v) is 3.33. The van der Waals surface area contributed by atoms with E-state index in [0.29, 0.717) is 6.42 Å². The molecule has 0 aliphatic rings. The molecule has 0 heterocycles. The second-order valence-corrected chi connectivity index (χ2v) is 1.96. The molecule has 0 unspecified atom stereocenters. The number of nitrogens with two attached hydrogens (primary N) is 1. The number of carbonyl (C=O) groups excluding carboxylic acids is 1. The highest BCUT2D eigenvalue weighted by Crippen LogP contribution is 1.89. The third kappa shape index (κ3) is 6.95. The summed E-state index contributed by atoms with van der Waals surface area (Å²) in [6, 6.07) is 0. The van der Waals surface area contributed by atoms with Crippen molar-refractivity contribution in [3.63, 3.8) is 0 Å². The molecule has 0 saturated carbocycles. The van der Waals surface area contributed by atoms with Gasteiger partial charge in [0, 0.05) is 6.42 Å². The van der Waals surface area contributed by atoms with Crippen LogP contribution in [-0.2, 0) is 4.79 Å². The Bertz CT molecular complexity index is 147. The molecule has 0 radical (unpaired) electrons. The van der Waals surface area contributed by atoms with E-state index in [1.54, 1.807) is 0 Å². The van der Waals surface area contributed by atoms with Gasteiger partial charge >= 0.3 is 0 Å². The lowest BCUT2D eigenvalue weighted by Gasteiger charge is -1.85. The normalized spacial score (nSPS) is 11.3. The maximum absolute atomic E-state index is 10.2. The first-order valence-electron chi connectivity index (χ1n) is 3.33. The fraction of sp³-hybridized carbons (Fsp3) is 0.375. The largest absolute Gasteiger partial charge is 0.370 e. The summed E-state index contributed by atoms with van der Waals surface area (Å²) in [5, 5.41) is 0. The Labute approximate surface area is 61.4 Å². The molecular formula is C8H13NO. The van der Waals surface area contributed by atoms with Crippen molar-refractivity contribution < 1.29 is 4.79 Å². The summed E-state index contributed by atoms with van der Waals surface area (Å²) < 4.78 is 0. The Morgan fingerprint density at radius 1 is 1.50 bits per heavy atom. The first kappa shape index (κ1) is 8.95. The van der Waals surface area contributed by atoms with Gasteiger partial charge in [-0.1, -0.05) is 24.3 Å². The molecule has 0 aliphatic carbocycles. The Morgan fingerprint density at radius 3 is 2.70 bits per heavy atom. The van der Waals surface area contributed by atoms with Gasteiger partial charge in [-0.15, -0.1) is 0 Å². The molecule has 0 aromatic heterocycles. The molecule has 0 saturated heterocycles. The maximum Gasteiger partial charge on any atom is 0.217 e. The molecule has 56 valence electrons. The van der Waals surface area contributed by atoms with E-state index in [0.717, 1.165) is 6.42 Å². The van der Waals surface area contributed by atoms with Gasteiger partial charge in [0.15, 0.2) is 0 Å². The minimum atomic E-state index is -0.245. The molecule has 10 heavy (non-hydrogen) atoms. The van der Waals surface area contributed by atoms with Crippen molar-refractivity contribution in [1.29, 1.82) is 0 Å². The molecule has 0 spiro atoms. The van der Waals surface area contributed by atoms with Crippen LogP contribution in [0.1, 0.15) is 19.8 Å². The Kier molecular flexibility index (Phi) is 5.44. The molecule has 0 atom stereocenters. The van der Waals surface area contributed by atoms with E-state index in [-0.39, 0.29) is 5.91 Å². The van der Waals surface area contributed by atoms with E-state index < -0.39 is 0 Å². The molecule has 0 aromatic carbocycles. The van der Waals surface area contributed by atoms with E-state index in [1.807, 2.05) is 31.2 Å². The zero-order valence-electron chi connectivity index (χ0n) is 6.21. The van der Waals surface area contributed by atoms with Crippen LogP contribution in [0, 0.1) is 0 Å². The average molecular weight is 139 g/mol. The number of rotatable bonds is 4. The monoisotopic (exact) mass is 139 g/mol. The Balaban J connectivity index is 3.27. The highest BCUT2D eigenvalue weighted by molar-refractivity contribution is 5.73. The summed E-state index contributed by atoms with van der Waals surface area (Å²) in [6.45, 7) is 1.94. The van der Waals surface area contributed by atoms with Gasteiger partial charge in [0.1, 0.15) is 0 Å². The van der Waals surface area contributed by atoms with Crippen LogP contribution in [0.15, 0.2) is 24.3 Å². The van der Waals surface area contributed by atoms with Crippen LogP contribution in [0.3, 0.4) is 0 Å². The fourth-order valence-electron chi connectivity index (χ4n) is 0.511. The van der Waals surface area contributed by atoms with Crippen LogP contribution >= 0.6 is 0 Å². The van der Waals surface area contributed by atoms with Gasteiger partial charge in [-0.3, -0.25) is 4.79 Å². The van der Waals surface area contributed by atoms with E-state index in [9.17, 15) is 4.79 Å². The van der Waals surface area contributed by atoms with Crippen molar-refractivity contribution in [2.45, 2.75) is 19.8 Å². The molecule has 2 heteroatoms. The molecule has 2 N–H and O–H groups in total. The number of carbonyl (C=O) groups is 1. The minimum absolute atomic E-state index is 0.245.